The number of anilines is 1. The molecule has 1 atom stereocenters. The maximum atomic E-state index is 4.59. The van der Waals surface area contributed by atoms with E-state index in [4.69, 9.17) is 0 Å². The monoisotopic (exact) mass is 404 g/mol. The topological polar surface area (TPSA) is 77.6 Å². The molecule has 4 heterocycles. The Balaban J connectivity index is 1.78. The molecule has 3 aromatic rings. The third-order valence-corrected chi connectivity index (χ3v) is 5.14. The van der Waals surface area contributed by atoms with Gasteiger partial charge in [-0.05, 0) is 34.7 Å². The van der Waals surface area contributed by atoms with Gasteiger partial charge in [-0.15, -0.1) is 10.2 Å². The second kappa shape index (κ2) is 6.36. The molecule has 1 saturated heterocycles. The van der Waals surface area contributed by atoms with E-state index in [-0.39, 0.29) is 6.04 Å². The second-order valence-corrected chi connectivity index (χ2v) is 7.65. The Morgan fingerprint density at radius 1 is 1.32 bits per heavy atom. The summed E-state index contributed by atoms with van der Waals surface area (Å²) >= 11 is 3.56. The van der Waals surface area contributed by atoms with E-state index in [2.05, 4.69) is 64.5 Å². The van der Waals surface area contributed by atoms with Gasteiger partial charge in [-0.25, -0.2) is 14.6 Å². The zero-order valence-corrected chi connectivity index (χ0v) is 16.2. The molecule has 3 aromatic heterocycles. The van der Waals surface area contributed by atoms with Gasteiger partial charge < -0.3 is 9.47 Å². The van der Waals surface area contributed by atoms with Crippen molar-refractivity contribution in [3.05, 3.63) is 23.1 Å². The number of hydrogen-bond acceptors (Lipinski definition) is 6. The molecule has 0 radical (unpaired) electrons. The Morgan fingerprint density at radius 3 is 2.96 bits per heavy atom. The van der Waals surface area contributed by atoms with E-state index >= 15 is 0 Å². The van der Waals surface area contributed by atoms with Crippen LogP contribution in [0, 0.1) is 5.92 Å². The highest BCUT2D eigenvalue weighted by Crippen LogP contribution is 2.39. The van der Waals surface area contributed by atoms with E-state index in [1.54, 1.807) is 11.0 Å². The number of halogens is 1. The highest BCUT2D eigenvalue weighted by atomic mass is 79.9. The van der Waals surface area contributed by atoms with Gasteiger partial charge in [-0.3, -0.25) is 0 Å². The van der Waals surface area contributed by atoms with E-state index in [1.165, 1.54) is 0 Å². The van der Waals surface area contributed by atoms with Crippen molar-refractivity contribution in [3.63, 3.8) is 0 Å². The Morgan fingerprint density at radius 2 is 2.16 bits per heavy atom. The average Bonchev–Trinajstić information content (AvgIpc) is 3.27. The van der Waals surface area contributed by atoms with E-state index in [0.29, 0.717) is 5.92 Å². The Kier molecular flexibility index (Phi) is 4.18. The molecule has 1 unspecified atom stereocenters. The molecular formula is C16H21BrN8. The Hall–Kier alpha value is -2.03. The second-order valence-electron chi connectivity index (χ2n) is 6.90. The maximum Gasteiger partial charge on any atom is 0.164 e. The van der Waals surface area contributed by atoms with Crippen LogP contribution in [0.25, 0.3) is 11.0 Å². The minimum absolute atomic E-state index is 0.173. The van der Waals surface area contributed by atoms with Crippen LogP contribution in [0.2, 0.25) is 0 Å². The van der Waals surface area contributed by atoms with Gasteiger partial charge in [0.2, 0.25) is 0 Å². The first-order chi connectivity index (χ1) is 12.1. The van der Waals surface area contributed by atoms with Gasteiger partial charge in [0.25, 0.3) is 0 Å². The molecule has 1 fully saturated rings. The summed E-state index contributed by atoms with van der Waals surface area (Å²) in [6.45, 7) is 6.27. The third kappa shape index (κ3) is 2.80. The van der Waals surface area contributed by atoms with Crippen LogP contribution >= 0.6 is 15.9 Å². The first-order valence-corrected chi connectivity index (χ1v) is 9.33. The molecular weight excluding hydrogens is 384 g/mol. The van der Waals surface area contributed by atoms with Crippen molar-refractivity contribution in [2.75, 3.05) is 11.4 Å². The smallest absolute Gasteiger partial charge is 0.164 e. The van der Waals surface area contributed by atoms with E-state index in [0.717, 1.165) is 53.2 Å². The number of nitrogens with zero attached hydrogens (tertiary/aromatic N) is 8. The van der Waals surface area contributed by atoms with Crippen molar-refractivity contribution in [1.29, 1.82) is 0 Å². The molecule has 0 N–H and O–H groups in total. The van der Waals surface area contributed by atoms with Crippen LogP contribution in [0.15, 0.2) is 17.3 Å². The molecule has 132 valence electrons. The molecule has 4 rings (SSSR count). The standard InChI is InChI=1S/C16H21BrN8/c1-10(2)7-24-9-20-21-14(24)11-5-4-6-25(11)16-12-13(17)22-23(3)15(12)18-8-19-16/h8-11H,4-7H2,1-3H3. The molecule has 25 heavy (non-hydrogen) atoms. The lowest BCUT2D eigenvalue weighted by Gasteiger charge is -2.26. The van der Waals surface area contributed by atoms with Crippen molar-refractivity contribution in [2.24, 2.45) is 13.0 Å². The van der Waals surface area contributed by atoms with E-state index < -0.39 is 0 Å². The van der Waals surface area contributed by atoms with Crippen LogP contribution in [-0.2, 0) is 13.6 Å². The quantitative estimate of drug-likeness (QED) is 0.664. The number of fused-ring (bicyclic) bond motifs is 1. The van der Waals surface area contributed by atoms with Crippen LogP contribution < -0.4 is 4.90 Å². The van der Waals surface area contributed by atoms with Crippen molar-refractivity contribution >= 4 is 32.8 Å². The fourth-order valence-electron chi connectivity index (χ4n) is 3.59. The lowest BCUT2D eigenvalue weighted by atomic mass is 10.1. The molecule has 1 aliphatic rings. The molecule has 0 aliphatic carbocycles. The summed E-state index contributed by atoms with van der Waals surface area (Å²) in [5.41, 5.74) is 0.825. The van der Waals surface area contributed by atoms with Crippen LogP contribution in [-0.4, -0.2) is 41.1 Å². The average molecular weight is 405 g/mol. The Labute approximate surface area is 154 Å². The van der Waals surface area contributed by atoms with Crippen molar-refractivity contribution < 1.29 is 0 Å². The predicted octanol–water partition coefficient (Wildman–Crippen LogP) is 2.71. The lowest BCUT2D eigenvalue weighted by Crippen LogP contribution is -2.27. The van der Waals surface area contributed by atoms with Crippen molar-refractivity contribution in [3.8, 4) is 0 Å². The molecule has 9 heteroatoms. The highest BCUT2D eigenvalue weighted by molar-refractivity contribution is 9.10. The summed E-state index contributed by atoms with van der Waals surface area (Å²) in [6.07, 6.45) is 5.59. The van der Waals surface area contributed by atoms with Gasteiger partial charge in [0, 0.05) is 20.1 Å². The largest absolute Gasteiger partial charge is 0.346 e. The zero-order valence-electron chi connectivity index (χ0n) is 14.6. The molecule has 0 spiro atoms. The normalized spacial score (nSPS) is 18.0. The van der Waals surface area contributed by atoms with Gasteiger partial charge in [0.15, 0.2) is 11.5 Å². The van der Waals surface area contributed by atoms with Gasteiger partial charge in [-0.1, -0.05) is 13.8 Å². The molecule has 8 nitrogen and oxygen atoms in total. The van der Waals surface area contributed by atoms with Crippen molar-refractivity contribution in [2.45, 2.75) is 39.3 Å². The fraction of sp³-hybridized carbons (Fsp3) is 0.562. The Bertz CT molecular complexity index is 899. The summed E-state index contributed by atoms with van der Waals surface area (Å²) < 4.78 is 4.72. The van der Waals surface area contributed by atoms with Crippen LogP contribution in [0.3, 0.4) is 0 Å². The number of rotatable bonds is 4. The van der Waals surface area contributed by atoms with E-state index in [1.807, 2.05) is 13.4 Å². The summed E-state index contributed by atoms with van der Waals surface area (Å²) in [5, 5.41) is 14.0. The SMILES string of the molecule is CC(C)Cn1cnnc1C1CCCN1c1ncnc2c1c(Br)nn2C. The van der Waals surface area contributed by atoms with Crippen LogP contribution in [0.1, 0.15) is 38.6 Å². The third-order valence-electron chi connectivity index (χ3n) is 4.59. The molecule has 0 bridgehead atoms. The zero-order chi connectivity index (χ0) is 17.6. The molecule has 1 aliphatic heterocycles. The number of aryl methyl sites for hydroxylation is 1. The van der Waals surface area contributed by atoms with Crippen LogP contribution in [0.5, 0.6) is 0 Å². The molecule has 0 aromatic carbocycles. The number of hydrogen-bond donors (Lipinski definition) is 0. The van der Waals surface area contributed by atoms with Gasteiger partial charge in [0.05, 0.1) is 11.4 Å². The molecule has 0 amide bonds. The minimum atomic E-state index is 0.173. The molecule has 0 saturated carbocycles. The highest BCUT2D eigenvalue weighted by Gasteiger charge is 2.33. The summed E-state index contributed by atoms with van der Waals surface area (Å²) in [7, 11) is 1.89. The van der Waals surface area contributed by atoms with Crippen molar-refractivity contribution in [1.82, 2.24) is 34.5 Å². The van der Waals surface area contributed by atoms with Crippen LogP contribution in [0.4, 0.5) is 5.82 Å². The van der Waals surface area contributed by atoms with Gasteiger partial charge >= 0.3 is 0 Å². The summed E-state index contributed by atoms with van der Waals surface area (Å²) in [5.74, 6) is 2.47. The number of aromatic nitrogens is 7. The lowest BCUT2D eigenvalue weighted by molar-refractivity contribution is 0.487. The first kappa shape index (κ1) is 16.4. The minimum Gasteiger partial charge on any atom is -0.346 e. The predicted molar refractivity (Wildman–Crippen MR) is 98.2 cm³/mol. The summed E-state index contributed by atoms with van der Waals surface area (Å²) in [4.78, 5) is 11.3. The van der Waals surface area contributed by atoms with E-state index in [9.17, 15) is 0 Å². The van der Waals surface area contributed by atoms with Gasteiger partial charge in [0.1, 0.15) is 23.1 Å². The first-order valence-electron chi connectivity index (χ1n) is 8.53. The maximum absolute atomic E-state index is 4.59. The van der Waals surface area contributed by atoms with Gasteiger partial charge in [-0.2, -0.15) is 5.10 Å². The fourth-order valence-corrected chi connectivity index (χ4v) is 4.18. The summed E-state index contributed by atoms with van der Waals surface area (Å²) in [6, 6.07) is 0.173.